The van der Waals surface area contributed by atoms with Crippen LogP contribution in [0.15, 0.2) is 138 Å². The SMILES string of the molecule is CC(C)c1cc(-c2ccccc2)cc(C(C)C)c1N1c2ccccc2[N-]C1c1[c-]cc2oc3ccccc3c2c1.[2H]C([2H])([2H])c1c[c-]c(-c2cc(C([2H])([2H])C(C)(C)C)c([Si](C)(C)C)cn2)cc1.[Ir+3]. The number of aryl methyl sites for hydroxylation is 1. The number of aromatic nitrogens is 1. The number of pyridine rings is 1. The zero-order valence-corrected chi connectivity index (χ0v) is 41.4. The Balaban J connectivity index is 0.000000215. The molecule has 0 saturated heterocycles. The summed E-state index contributed by atoms with van der Waals surface area (Å²) in [6.45, 7) is 19.3. The van der Waals surface area contributed by atoms with Gasteiger partial charge in [0.15, 0.2) is 0 Å². The van der Waals surface area contributed by atoms with Crippen molar-refractivity contribution in [1.29, 1.82) is 0 Å². The van der Waals surface area contributed by atoms with Gasteiger partial charge in [-0.1, -0.05) is 159 Å². The Morgan fingerprint density at radius 2 is 1.46 bits per heavy atom. The number of hydrogen-bond acceptors (Lipinski definition) is 3. The first-order chi connectivity index (χ1) is 31.5. The molecule has 1 aliphatic heterocycles. The first-order valence-electron chi connectivity index (χ1n) is 24.2. The molecule has 0 spiro atoms. The zero-order chi connectivity index (χ0) is 48.2. The van der Waals surface area contributed by atoms with E-state index in [-0.39, 0.29) is 31.8 Å². The molecule has 4 nitrogen and oxygen atoms in total. The maximum Gasteiger partial charge on any atom is 3.00 e. The molecule has 8 aromatic rings. The van der Waals surface area contributed by atoms with Gasteiger partial charge in [0.1, 0.15) is 5.58 Å². The molecule has 1 unspecified atom stereocenters. The molecule has 0 amide bonds. The number of rotatable bonds is 8. The largest absolute Gasteiger partial charge is 3.00 e. The van der Waals surface area contributed by atoms with Gasteiger partial charge in [-0.05, 0) is 87.2 Å². The molecule has 6 heteroatoms. The van der Waals surface area contributed by atoms with E-state index < -0.39 is 26.7 Å². The number of anilines is 2. The van der Waals surface area contributed by atoms with Crippen LogP contribution < -0.4 is 10.1 Å². The van der Waals surface area contributed by atoms with Crippen LogP contribution in [-0.2, 0) is 26.5 Å². The summed E-state index contributed by atoms with van der Waals surface area (Å²) < 4.78 is 46.2. The normalized spacial score (nSPS) is 15.4. The number of para-hydroxylation sites is 3. The summed E-state index contributed by atoms with van der Waals surface area (Å²) in [5, 5.41) is 8.52. The Hall–Kier alpha value is -5.26. The van der Waals surface area contributed by atoms with Gasteiger partial charge in [0.05, 0.1) is 8.07 Å². The van der Waals surface area contributed by atoms with Gasteiger partial charge in [0, 0.05) is 35.4 Å². The predicted octanol–water partition coefficient (Wildman–Crippen LogP) is 16.1. The summed E-state index contributed by atoms with van der Waals surface area (Å²) in [6.07, 6.45) is 0.0401. The second kappa shape index (κ2) is 18.5. The van der Waals surface area contributed by atoms with E-state index in [0.717, 1.165) is 44.1 Å². The molecule has 3 heterocycles. The standard InChI is InChI=1S/C37H32N2O.C20H28NSi.Ir/c1-23(2)29-21-27(25-12-6-5-7-13-25)22-30(24(3)4)36(29)39-33-16-10-9-15-32(33)38-37(39)26-18-19-35-31(20-26)28-14-8-11-17-34(28)40-35;1-15-8-10-16(11-9-15)18-12-17(13-20(2,3)4)19(14-21-18)22(5,6)7;/h5-17,19-24,37H,1-4H3;8-10,12,14H,13H2,1-7H3;/q-2;-1;+3/i;1D3,13D2;. The second-order valence-corrected chi connectivity index (χ2v) is 24.1. The summed E-state index contributed by atoms with van der Waals surface area (Å²) in [5.41, 5.74) is 12.9. The molecule has 0 saturated carbocycles. The monoisotopic (exact) mass is 1030 g/mol. The maximum absolute atomic E-state index is 8.79. The third-order valence-electron chi connectivity index (χ3n) is 11.3. The van der Waals surface area contributed by atoms with Crippen LogP contribution in [0.5, 0.6) is 0 Å². The fourth-order valence-corrected chi connectivity index (χ4v) is 9.71. The van der Waals surface area contributed by atoms with Crippen molar-refractivity contribution < 1.29 is 31.4 Å². The molecule has 2 aromatic heterocycles. The Bertz CT molecular complexity index is 3030. The molecule has 0 fully saturated rings. The summed E-state index contributed by atoms with van der Waals surface area (Å²) in [4.78, 5) is 7.01. The molecular formula is C57H60IrN3OSi. The van der Waals surface area contributed by atoms with Gasteiger partial charge in [-0.25, -0.2) is 0 Å². The molecule has 0 N–H and O–H groups in total. The van der Waals surface area contributed by atoms with E-state index in [0.29, 0.717) is 28.7 Å². The van der Waals surface area contributed by atoms with Crippen molar-refractivity contribution in [3.63, 3.8) is 0 Å². The molecule has 6 aromatic carbocycles. The van der Waals surface area contributed by atoms with E-state index in [9.17, 15) is 0 Å². The molecule has 0 radical (unpaired) electrons. The van der Waals surface area contributed by atoms with Crippen molar-refractivity contribution in [3.8, 4) is 22.4 Å². The Morgan fingerprint density at radius 1 is 0.778 bits per heavy atom. The van der Waals surface area contributed by atoms with E-state index in [1.54, 1.807) is 18.3 Å². The topological polar surface area (TPSA) is 43.4 Å². The Morgan fingerprint density at radius 3 is 2.11 bits per heavy atom. The zero-order valence-electron chi connectivity index (χ0n) is 43.0. The van der Waals surface area contributed by atoms with Gasteiger partial charge >= 0.3 is 20.1 Å². The van der Waals surface area contributed by atoms with Gasteiger partial charge in [0.25, 0.3) is 0 Å². The summed E-state index contributed by atoms with van der Waals surface area (Å²) >= 11 is 0. The Kier molecular flexibility index (Phi) is 11.5. The molecule has 0 aliphatic carbocycles. The average Bonchev–Trinajstić information content (AvgIpc) is 3.86. The van der Waals surface area contributed by atoms with Crippen molar-refractivity contribution in [2.24, 2.45) is 5.41 Å². The third-order valence-corrected chi connectivity index (χ3v) is 13.3. The number of hydrogen-bond donors (Lipinski definition) is 0. The second-order valence-electron chi connectivity index (χ2n) is 19.0. The number of furan rings is 1. The van der Waals surface area contributed by atoms with Crippen molar-refractivity contribution in [2.45, 2.75) is 99.3 Å². The molecule has 1 aliphatic rings. The van der Waals surface area contributed by atoms with Crippen LogP contribution in [0.1, 0.15) is 101 Å². The average molecular weight is 1030 g/mol. The fraction of sp³-hybridized carbons (Fsp3) is 0.281. The van der Waals surface area contributed by atoms with E-state index in [1.807, 2.05) is 45.0 Å². The summed E-state index contributed by atoms with van der Waals surface area (Å²) in [7, 11) is -1.81. The van der Waals surface area contributed by atoms with Gasteiger partial charge in [-0.15, -0.1) is 47.1 Å². The van der Waals surface area contributed by atoms with Gasteiger partial charge in [-0.2, -0.15) is 17.7 Å². The smallest absolute Gasteiger partial charge is 0.661 e. The minimum absolute atomic E-state index is 0. The van der Waals surface area contributed by atoms with Crippen molar-refractivity contribution in [2.75, 3.05) is 4.90 Å². The first-order valence-corrected chi connectivity index (χ1v) is 25.2. The predicted molar refractivity (Wildman–Crippen MR) is 266 cm³/mol. The number of fused-ring (bicyclic) bond motifs is 4. The van der Waals surface area contributed by atoms with Crippen LogP contribution in [0.25, 0.3) is 49.6 Å². The van der Waals surface area contributed by atoms with Crippen molar-refractivity contribution in [1.82, 2.24) is 4.98 Å². The fourth-order valence-electron chi connectivity index (χ4n) is 8.31. The number of benzene rings is 6. The van der Waals surface area contributed by atoms with Gasteiger partial charge in [0.2, 0.25) is 0 Å². The molecule has 9 rings (SSSR count). The van der Waals surface area contributed by atoms with Crippen LogP contribution >= 0.6 is 0 Å². The summed E-state index contributed by atoms with van der Waals surface area (Å²) in [5.74, 6) is 0.655. The van der Waals surface area contributed by atoms with Crippen molar-refractivity contribution >= 4 is 52.3 Å². The Labute approximate surface area is 397 Å². The summed E-state index contributed by atoms with van der Waals surface area (Å²) in [6, 6.07) is 49.5. The van der Waals surface area contributed by atoms with Crippen LogP contribution in [0, 0.1) is 24.4 Å². The molecule has 322 valence electrons. The third kappa shape index (κ3) is 9.79. The molecular weight excluding hydrogens is 963 g/mol. The van der Waals surface area contributed by atoms with Crippen LogP contribution in [0.4, 0.5) is 17.1 Å². The van der Waals surface area contributed by atoms with Crippen molar-refractivity contribution in [3.05, 3.63) is 179 Å². The molecule has 0 bridgehead atoms. The maximum atomic E-state index is 8.79. The van der Waals surface area contributed by atoms with Crippen LogP contribution in [-0.4, -0.2) is 13.1 Å². The van der Waals surface area contributed by atoms with E-state index in [4.69, 9.17) is 16.6 Å². The first kappa shape index (κ1) is 39.3. The van der Waals surface area contributed by atoms with E-state index in [1.165, 1.54) is 34.0 Å². The van der Waals surface area contributed by atoms with E-state index >= 15 is 0 Å². The van der Waals surface area contributed by atoms with Gasteiger partial charge < -0.3 is 19.6 Å². The van der Waals surface area contributed by atoms with Crippen LogP contribution in [0.2, 0.25) is 19.6 Å². The minimum atomic E-state index is -2.17. The van der Waals surface area contributed by atoms with E-state index in [2.05, 4.69) is 154 Å². The van der Waals surface area contributed by atoms with Gasteiger partial charge in [-0.3, -0.25) is 0 Å². The number of nitrogens with zero attached hydrogens (tertiary/aromatic N) is 3. The van der Waals surface area contributed by atoms with Crippen LogP contribution in [0.3, 0.4) is 0 Å². The molecule has 63 heavy (non-hydrogen) atoms. The quantitative estimate of drug-likeness (QED) is 0.113. The minimum Gasteiger partial charge on any atom is -0.661 e. The molecule has 1 atom stereocenters.